The fourth-order valence-corrected chi connectivity index (χ4v) is 3.67. The third-order valence-corrected chi connectivity index (χ3v) is 4.92. The fourth-order valence-electron chi connectivity index (χ4n) is 3.67. The molecule has 0 spiro atoms. The Morgan fingerprint density at radius 3 is 2.45 bits per heavy atom. The van der Waals surface area contributed by atoms with Crippen LogP contribution in [-0.4, -0.2) is 73.4 Å². The highest BCUT2D eigenvalue weighted by Crippen LogP contribution is 2.21. The molecule has 1 unspecified atom stereocenters. The summed E-state index contributed by atoms with van der Waals surface area (Å²) in [6, 6.07) is 7.43. The number of aliphatic hydroxyl groups excluding tert-OH is 1. The second-order valence-electron chi connectivity index (χ2n) is 6.32. The molecule has 0 saturated carbocycles. The summed E-state index contributed by atoms with van der Waals surface area (Å²) in [5, 5.41) is 9.11. The van der Waals surface area contributed by atoms with Crippen LogP contribution in [0.3, 0.4) is 0 Å². The molecule has 0 bridgehead atoms. The normalized spacial score (nSPS) is 24.6. The molecule has 1 atom stereocenters. The third kappa shape index (κ3) is 3.77. The van der Waals surface area contributed by atoms with E-state index in [1.807, 2.05) is 12.1 Å². The summed E-state index contributed by atoms with van der Waals surface area (Å²) in [5.41, 5.74) is 1.12. The van der Waals surface area contributed by atoms with E-state index in [0.717, 1.165) is 51.5 Å². The van der Waals surface area contributed by atoms with Gasteiger partial charge in [-0.3, -0.25) is 9.80 Å². The first-order valence-electron chi connectivity index (χ1n) is 8.34. The minimum atomic E-state index is -0.173. The van der Waals surface area contributed by atoms with Crippen LogP contribution >= 0.6 is 0 Å². The summed E-state index contributed by atoms with van der Waals surface area (Å²) in [7, 11) is 0. The van der Waals surface area contributed by atoms with Crippen LogP contribution in [0, 0.1) is 5.82 Å². The molecule has 122 valence electrons. The topological polar surface area (TPSA) is 30.0 Å². The van der Waals surface area contributed by atoms with Crippen LogP contribution in [0.4, 0.5) is 10.1 Å². The standard InChI is InChI=1S/C17H26FN3O/c18-15-3-5-16(6-4-15)20-8-10-21(11-9-20)17-2-1-7-19(14-17)12-13-22/h3-6,17,22H,1-2,7-14H2. The van der Waals surface area contributed by atoms with Gasteiger partial charge in [0, 0.05) is 51.0 Å². The Morgan fingerprint density at radius 2 is 1.77 bits per heavy atom. The zero-order valence-electron chi connectivity index (χ0n) is 13.1. The maximum Gasteiger partial charge on any atom is 0.123 e. The fraction of sp³-hybridized carbons (Fsp3) is 0.647. The van der Waals surface area contributed by atoms with Crippen molar-refractivity contribution < 1.29 is 9.50 Å². The molecule has 2 heterocycles. The predicted molar refractivity (Wildman–Crippen MR) is 86.7 cm³/mol. The molecule has 22 heavy (non-hydrogen) atoms. The number of rotatable bonds is 4. The lowest BCUT2D eigenvalue weighted by Gasteiger charge is -2.43. The Morgan fingerprint density at radius 1 is 1.05 bits per heavy atom. The van der Waals surface area contributed by atoms with E-state index in [1.165, 1.54) is 25.0 Å². The van der Waals surface area contributed by atoms with E-state index in [4.69, 9.17) is 5.11 Å². The molecular formula is C17H26FN3O. The number of likely N-dealkylation sites (tertiary alicyclic amines) is 1. The molecule has 1 aromatic carbocycles. The minimum absolute atomic E-state index is 0.173. The highest BCUT2D eigenvalue weighted by molar-refractivity contribution is 5.46. The van der Waals surface area contributed by atoms with E-state index in [1.54, 1.807) is 0 Å². The Hall–Kier alpha value is -1.17. The van der Waals surface area contributed by atoms with Crippen molar-refractivity contribution in [2.45, 2.75) is 18.9 Å². The number of nitrogens with zero attached hydrogens (tertiary/aromatic N) is 3. The summed E-state index contributed by atoms with van der Waals surface area (Å²) in [5.74, 6) is -0.173. The van der Waals surface area contributed by atoms with Gasteiger partial charge in [-0.05, 0) is 43.7 Å². The first-order chi connectivity index (χ1) is 10.8. The third-order valence-electron chi connectivity index (χ3n) is 4.92. The smallest absolute Gasteiger partial charge is 0.123 e. The highest BCUT2D eigenvalue weighted by Gasteiger charge is 2.27. The van der Waals surface area contributed by atoms with Gasteiger partial charge in [0.05, 0.1) is 6.61 Å². The molecule has 1 aromatic rings. The van der Waals surface area contributed by atoms with Crippen molar-refractivity contribution >= 4 is 5.69 Å². The first kappa shape index (κ1) is 15.7. The van der Waals surface area contributed by atoms with Gasteiger partial charge < -0.3 is 10.0 Å². The molecule has 0 aromatic heterocycles. The van der Waals surface area contributed by atoms with Gasteiger partial charge in [0.15, 0.2) is 0 Å². The molecule has 1 N–H and O–H groups in total. The summed E-state index contributed by atoms with van der Waals surface area (Å²) in [6.07, 6.45) is 2.49. The summed E-state index contributed by atoms with van der Waals surface area (Å²) in [4.78, 5) is 7.30. The van der Waals surface area contributed by atoms with Crippen molar-refractivity contribution in [3.63, 3.8) is 0 Å². The summed E-state index contributed by atoms with van der Waals surface area (Å²) >= 11 is 0. The molecule has 0 radical (unpaired) electrons. The molecule has 3 rings (SSSR count). The summed E-state index contributed by atoms with van der Waals surface area (Å²) < 4.78 is 13.0. The maximum absolute atomic E-state index is 13.0. The van der Waals surface area contributed by atoms with Crippen molar-refractivity contribution in [2.75, 3.05) is 57.3 Å². The maximum atomic E-state index is 13.0. The molecule has 5 heteroatoms. The molecule has 2 fully saturated rings. The first-order valence-corrected chi connectivity index (χ1v) is 8.34. The predicted octanol–water partition coefficient (Wildman–Crippen LogP) is 1.40. The number of benzene rings is 1. The monoisotopic (exact) mass is 307 g/mol. The van der Waals surface area contributed by atoms with Crippen LogP contribution < -0.4 is 4.90 Å². The number of hydrogen-bond acceptors (Lipinski definition) is 4. The van der Waals surface area contributed by atoms with Crippen molar-refractivity contribution in [3.05, 3.63) is 30.1 Å². The lowest BCUT2D eigenvalue weighted by Crippen LogP contribution is -2.55. The summed E-state index contributed by atoms with van der Waals surface area (Å²) in [6.45, 7) is 7.38. The van der Waals surface area contributed by atoms with Crippen molar-refractivity contribution in [2.24, 2.45) is 0 Å². The number of halogens is 1. The van der Waals surface area contributed by atoms with Crippen molar-refractivity contribution in [3.8, 4) is 0 Å². The van der Waals surface area contributed by atoms with Gasteiger partial charge >= 0.3 is 0 Å². The van der Waals surface area contributed by atoms with Gasteiger partial charge in [-0.2, -0.15) is 0 Å². The van der Waals surface area contributed by atoms with Gasteiger partial charge in [-0.1, -0.05) is 0 Å². The Kier molecular flexibility index (Phi) is 5.28. The van der Waals surface area contributed by atoms with Gasteiger partial charge in [0.2, 0.25) is 0 Å². The molecule has 2 aliphatic rings. The average molecular weight is 307 g/mol. The number of hydrogen-bond donors (Lipinski definition) is 1. The zero-order valence-corrected chi connectivity index (χ0v) is 13.1. The largest absolute Gasteiger partial charge is 0.395 e. The molecule has 4 nitrogen and oxygen atoms in total. The van der Waals surface area contributed by atoms with Gasteiger partial charge in [0.25, 0.3) is 0 Å². The average Bonchev–Trinajstić information content (AvgIpc) is 2.56. The molecule has 2 aliphatic heterocycles. The van der Waals surface area contributed by atoms with E-state index >= 15 is 0 Å². The Balaban J connectivity index is 1.52. The zero-order chi connectivity index (χ0) is 15.4. The highest BCUT2D eigenvalue weighted by atomic mass is 19.1. The minimum Gasteiger partial charge on any atom is -0.395 e. The Bertz CT molecular complexity index is 457. The lowest BCUT2D eigenvalue weighted by atomic mass is 10.0. The molecule has 0 aliphatic carbocycles. The van der Waals surface area contributed by atoms with E-state index in [-0.39, 0.29) is 12.4 Å². The van der Waals surface area contributed by atoms with Crippen LogP contribution in [0.25, 0.3) is 0 Å². The SMILES string of the molecule is OCCN1CCCC(N2CCN(c3ccc(F)cc3)CC2)C1. The second-order valence-corrected chi connectivity index (χ2v) is 6.32. The molecule has 2 saturated heterocycles. The molecular weight excluding hydrogens is 281 g/mol. The van der Waals surface area contributed by atoms with Crippen LogP contribution in [-0.2, 0) is 0 Å². The van der Waals surface area contributed by atoms with Crippen LogP contribution in [0.5, 0.6) is 0 Å². The van der Waals surface area contributed by atoms with Crippen LogP contribution in [0.2, 0.25) is 0 Å². The van der Waals surface area contributed by atoms with Crippen LogP contribution in [0.1, 0.15) is 12.8 Å². The number of piperazine rings is 1. The van der Waals surface area contributed by atoms with E-state index in [2.05, 4.69) is 14.7 Å². The van der Waals surface area contributed by atoms with Gasteiger partial charge in [-0.15, -0.1) is 0 Å². The number of aliphatic hydroxyl groups is 1. The number of anilines is 1. The van der Waals surface area contributed by atoms with E-state index < -0.39 is 0 Å². The lowest BCUT2D eigenvalue weighted by molar-refractivity contribution is 0.0814. The van der Waals surface area contributed by atoms with Crippen LogP contribution in [0.15, 0.2) is 24.3 Å². The number of β-amino-alcohol motifs (C(OH)–C–C–N with tert-alkyl or cyclic N) is 1. The van der Waals surface area contributed by atoms with Crippen molar-refractivity contribution in [1.29, 1.82) is 0 Å². The van der Waals surface area contributed by atoms with Crippen molar-refractivity contribution in [1.82, 2.24) is 9.80 Å². The van der Waals surface area contributed by atoms with E-state index in [9.17, 15) is 4.39 Å². The number of piperidine rings is 1. The molecule has 0 amide bonds. The van der Waals surface area contributed by atoms with Gasteiger partial charge in [-0.25, -0.2) is 4.39 Å². The Labute approximate surface area is 132 Å². The van der Waals surface area contributed by atoms with E-state index in [0.29, 0.717) is 6.04 Å². The quantitative estimate of drug-likeness (QED) is 0.911. The second kappa shape index (κ2) is 7.40. The van der Waals surface area contributed by atoms with Gasteiger partial charge in [0.1, 0.15) is 5.82 Å².